The monoisotopic (exact) mass is 241 g/mol. The van der Waals surface area contributed by atoms with Gasteiger partial charge in [-0.2, -0.15) is 0 Å². The molecule has 0 amide bonds. The minimum absolute atomic E-state index is 0.592. The smallest absolute Gasteiger partial charge is 0.0444 e. The van der Waals surface area contributed by atoms with Gasteiger partial charge in [-0.1, -0.05) is 18.2 Å². The lowest BCUT2D eigenvalue weighted by Gasteiger charge is -2.23. The molecule has 3 nitrogen and oxygen atoms in total. The Morgan fingerprint density at radius 2 is 1.89 bits per heavy atom. The van der Waals surface area contributed by atoms with E-state index in [1.807, 2.05) is 12.3 Å². The van der Waals surface area contributed by atoms with Gasteiger partial charge in [0.25, 0.3) is 0 Å². The van der Waals surface area contributed by atoms with Crippen LogP contribution in [0.15, 0.2) is 48.8 Å². The molecule has 0 bridgehead atoms. The van der Waals surface area contributed by atoms with Crippen molar-refractivity contribution in [2.24, 2.45) is 5.73 Å². The van der Waals surface area contributed by atoms with Crippen LogP contribution in [0, 0.1) is 0 Å². The molecule has 94 valence electrons. The van der Waals surface area contributed by atoms with E-state index in [2.05, 4.69) is 47.1 Å². The Morgan fingerprint density at radius 1 is 1.11 bits per heavy atom. The van der Waals surface area contributed by atoms with E-state index in [0.29, 0.717) is 6.54 Å². The van der Waals surface area contributed by atoms with Gasteiger partial charge in [-0.15, -0.1) is 0 Å². The van der Waals surface area contributed by atoms with Crippen LogP contribution in [0.2, 0.25) is 0 Å². The average Bonchev–Trinajstić information content (AvgIpc) is 2.46. The van der Waals surface area contributed by atoms with Crippen LogP contribution in [0.3, 0.4) is 0 Å². The number of anilines is 1. The van der Waals surface area contributed by atoms with Crippen molar-refractivity contribution < 1.29 is 0 Å². The number of pyridine rings is 1. The molecule has 2 N–H and O–H groups in total. The van der Waals surface area contributed by atoms with Crippen molar-refractivity contribution in [3.05, 3.63) is 59.9 Å². The minimum atomic E-state index is 0.592. The number of rotatable bonds is 5. The lowest BCUT2D eigenvalue weighted by atomic mass is 10.2. The molecule has 0 saturated carbocycles. The van der Waals surface area contributed by atoms with E-state index >= 15 is 0 Å². The zero-order valence-corrected chi connectivity index (χ0v) is 10.7. The second-order valence-corrected chi connectivity index (χ2v) is 4.25. The summed E-state index contributed by atoms with van der Waals surface area (Å²) in [5.41, 5.74) is 9.22. The third kappa shape index (κ3) is 3.08. The highest BCUT2D eigenvalue weighted by atomic mass is 15.1. The Bertz CT molecular complexity index is 465. The van der Waals surface area contributed by atoms with Gasteiger partial charge in [0.15, 0.2) is 0 Å². The predicted molar refractivity (Wildman–Crippen MR) is 75.3 cm³/mol. The highest BCUT2D eigenvalue weighted by molar-refractivity contribution is 5.48. The van der Waals surface area contributed by atoms with Crippen molar-refractivity contribution in [1.29, 1.82) is 0 Å². The van der Waals surface area contributed by atoms with Crippen molar-refractivity contribution in [3.63, 3.8) is 0 Å². The second kappa shape index (κ2) is 6.17. The van der Waals surface area contributed by atoms with Gasteiger partial charge < -0.3 is 10.6 Å². The zero-order valence-electron chi connectivity index (χ0n) is 10.7. The van der Waals surface area contributed by atoms with Crippen molar-refractivity contribution in [2.45, 2.75) is 20.0 Å². The van der Waals surface area contributed by atoms with E-state index in [1.54, 1.807) is 6.20 Å². The summed E-state index contributed by atoms with van der Waals surface area (Å²) in [5.74, 6) is 0. The summed E-state index contributed by atoms with van der Waals surface area (Å²) in [6.45, 7) is 4.60. The molecular weight excluding hydrogens is 222 g/mol. The van der Waals surface area contributed by atoms with Gasteiger partial charge in [-0.05, 0) is 36.2 Å². The predicted octanol–water partition coefficient (Wildman–Crippen LogP) is 2.57. The van der Waals surface area contributed by atoms with E-state index in [1.165, 1.54) is 11.3 Å². The lowest BCUT2D eigenvalue weighted by Crippen LogP contribution is -2.22. The molecule has 0 radical (unpaired) electrons. The van der Waals surface area contributed by atoms with Crippen LogP contribution in [-0.2, 0) is 13.1 Å². The van der Waals surface area contributed by atoms with E-state index in [-0.39, 0.29) is 0 Å². The molecule has 0 fully saturated rings. The van der Waals surface area contributed by atoms with Gasteiger partial charge in [0.1, 0.15) is 0 Å². The molecular formula is C15H19N3. The first-order chi connectivity index (χ1) is 8.83. The fraction of sp³-hybridized carbons (Fsp3) is 0.267. The number of aromatic nitrogens is 1. The zero-order chi connectivity index (χ0) is 12.8. The first-order valence-corrected chi connectivity index (χ1v) is 6.26. The number of nitrogens with zero attached hydrogens (tertiary/aromatic N) is 2. The van der Waals surface area contributed by atoms with Crippen LogP contribution >= 0.6 is 0 Å². The van der Waals surface area contributed by atoms with Gasteiger partial charge in [0.05, 0.1) is 0 Å². The van der Waals surface area contributed by atoms with Crippen molar-refractivity contribution in [3.8, 4) is 0 Å². The third-order valence-electron chi connectivity index (χ3n) is 3.02. The van der Waals surface area contributed by atoms with E-state index in [4.69, 9.17) is 5.73 Å². The van der Waals surface area contributed by atoms with Gasteiger partial charge in [-0.3, -0.25) is 4.98 Å². The Hall–Kier alpha value is -1.87. The molecule has 2 rings (SSSR count). The minimum Gasteiger partial charge on any atom is -0.367 e. The summed E-state index contributed by atoms with van der Waals surface area (Å²) in [4.78, 5) is 6.47. The normalized spacial score (nSPS) is 10.3. The first kappa shape index (κ1) is 12.6. The third-order valence-corrected chi connectivity index (χ3v) is 3.02. The molecule has 2 aromatic rings. The van der Waals surface area contributed by atoms with E-state index < -0.39 is 0 Å². The molecule has 0 saturated heterocycles. The van der Waals surface area contributed by atoms with Crippen molar-refractivity contribution in [2.75, 3.05) is 11.4 Å². The highest BCUT2D eigenvalue weighted by Gasteiger charge is 2.05. The molecule has 0 aliphatic carbocycles. The Labute approximate surface area is 108 Å². The van der Waals surface area contributed by atoms with Gasteiger partial charge in [0.2, 0.25) is 0 Å². The lowest BCUT2D eigenvalue weighted by molar-refractivity contribution is 0.827. The number of nitrogens with two attached hydrogens (primary N) is 1. The molecule has 0 unspecified atom stereocenters. The SMILES string of the molecule is CCN(Cc1cccnc1)c1ccc(CN)cc1. The molecule has 1 heterocycles. The van der Waals surface area contributed by atoms with Gasteiger partial charge in [0, 0.05) is 37.7 Å². The average molecular weight is 241 g/mol. The highest BCUT2D eigenvalue weighted by Crippen LogP contribution is 2.17. The van der Waals surface area contributed by atoms with Crippen LogP contribution < -0.4 is 10.6 Å². The van der Waals surface area contributed by atoms with Gasteiger partial charge in [-0.25, -0.2) is 0 Å². The molecule has 3 heteroatoms. The Balaban J connectivity index is 2.12. The fourth-order valence-corrected chi connectivity index (χ4v) is 1.94. The molecule has 0 atom stereocenters. The maximum Gasteiger partial charge on any atom is 0.0444 e. The van der Waals surface area contributed by atoms with E-state index in [0.717, 1.165) is 18.7 Å². The summed E-state index contributed by atoms with van der Waals surface area (Å²) in [6, 6.07) is 12.5. The topological polar surface area (TPSA) is 42.2 Å². The van der Waals surface area contributed by atoms with Crippen molar-refractivity contribution >= 4 is 5.69 Å². The van der Waals surface area contributed by atoms with Gasteiger partial charge >= 0.3 is 0 Å². The van der Waals surface area contributed by atoms with Crippen LogP contribution in [0.5, 0.6) is 0 Å². The Morgan fingerprint density at radius 3 is 2.44 bits per heavy atom. The maximum atomic E-state index is 5.61. The standard InChI is InChI=1S/C15H19N3/c1-2-18(12-14-4-3-9-17-11-14)15-7-5-13(10-16)6-8-15/h3-9,11H,2,10,12,16H2,1H3. The van der Waals surface area contributed by atoms with Crippen LogP contribution in [0.4, 0.5) is 5.69 Å². The molecule has 0 aliphatic heterocycles. The largest absolute Gasteiger partial charge is 0.367 e. The summed E-state index contributed by atoms with van der Waals surface area (Å²) in [5, 5.41) is 0. The fourth-order valence-electron chi connectivity index (χ4n) is 1.94. The van der Waals surface area contributed by atoms with Crippen LogP contribution in [0.1, 0.15) is 18.1 Å². The quantitative estimate of drug-likeness (QED) is 0.874. The number of benzene rings is 1. The Kier molecular flexibility index (Phi) is 4.31. The second-order valence-electron chi connectivity index (χ2n) is 4.25. The molecule has 1 aromatic carbocycles. The number of hydrogen-bond acceptors (Lipinski definition) is 3. The maximum absolute atomic E-state index is 5.61. The summed E-state index contributed by atoms with van der Waals surface area (Å²) in [7, 11) is 0. The first-order valence-electron chi connectivity index (χ1n) is 6.26. The molecule has 18 heavy (non-hydrogen) atoms. The van der Waals surface area contributed by atoms with Crippen LogP contribution in [0.25, 0.3) is 0 Å². The van der Waals surface area contributed by atoms with Crippen molar-refractivity contribution in [1.82, 2.24) is 4.98 Å². The molecule has 1 aromatic heterocycles. The summed E-state index contributed by atoms with van der Waals surface area (Å²) in [6.07, 6.45) is 3.72. The number of hydrogen-bond donors (Lipinski definition) is 1. The summed E-state index contributed by atoms with van der Waals surface area (Å²) < 4.78 is 0. The van der Waals surface area contributed by atoms with E-state index in [9.17, 15) is 0 Å². The molecule has 0 aliphatic rings. The summed E-state index contributed by atoms with van der Waals surface area (Å²) >= 11 is 0. The van der Waals surface area contributed by atoms with Crippen LogP contribution in [-0.4, -0.2) is 11.5 Å². The molecule has 0 spiro atoms.